The van der Waals surface area contributed by atoms with Gasteiger partial charge in [-0.25, -0.2) is 0 Å². The van der Waals surface area contributed by atoms with Gasteiger partial charge in [-0.1, -0.05) is 0 Å². The number of hydrogen-bond acceptors (Lipinski definition) is 21. The third-order valence-corrected chi connectivity index (χ3v) is 8.20. The number of aliphatic hydroxyl groups is 14. The highest BCUT2D eigenvalue weighted by atomic mass is 16.8. The lowest BCUT2D eigenvalue weighted by Crippen LogP contribution is -2.67. The molecular weight excluding hydrogens is 624 g/mol. The molecule has 45 heavy (non-hydrogen) atoms. The number of ether oxygens (including phenoxy) is 7. The number of aliphatic hydroxyl groups excluding tert-OH is 14. The van der Waals surface area contributed by atoms with Gasteiger partial charge in [-0.05, 0) is 0 Å². The average molecular weight is 667 g/mol. The Morgan fingerprint density at radius 1 is 0.333 bits per heavy atom. The van der Waals surface area contributed by atoms with E-state index >= 15 is 0 Å². The van der Waals surface area contributed by atoms with E-state index in [1.54, 1.807) is 0 Å². The molecule has 0 bridgehead atoms. The fourth-order valence-corrected chi connectivity index (χ4v) is 5.54. The summed E-state index contributed by atoms with van der Waals surface area (Å²) in [5.41, 5.74) is 0. The molecule has 4 rings (SSSR count). The fourth-order valence-electron chi connectivity index (χ4n) is 5.54. The van der Waals surface area contributed by atoms with Crippen LogP contribution in [0.1, 0.15) is 0 Å². The Kier molecular flexibility index (Phi) is 12.8. The maximum absolute atomic E-state index is 11.0. The molecule has 4 heterocycles. The summed E-state index contributed by atoms with van der Waals surface area (Å²) in [6.07, 6.45) is -35.6. The van der Waals surface area contributed by atoms with Crippen LogP contribution in [0.3, 0.4) is 0 Å². The van der Waals surface area contributed by atoms with Crippen LogP contribution < -0.4 is 0 Å². The molecule has 0 aromatic rings. The zero-order chi connectivity index (χ0) is 33.3. The quantitative estimate of drug-likeness (QED) is 0.103. The monoisotopic (exact) mass is 666 g/mol. The van der Waals surface area contributed by atoms with Crippen LogP contribution in [-0.2, 0) is 33.2 Å². The minimum absolute atomic E-state index is 0.806. The van der Waals surface area contributed by atoms with E-state index in [4.69, 9.17) is 33.2 Å². The highest BCUT2D eigenvalue weighted by molar-refractivity contribution is 4.97. The van der Waals surface area contributed by atoms with E-state index in [9.17, 15) is 71.5 Å². The van der Waals surface area contributed by atoms with E-state index in [2.05, 4.69) is 0 Å². The van der Waals surface area contributed by atoms with Gasteiger partial charge in [0, 0.05) is 0 Å². The zero-order valence-corrected chi connectivity index (χ0v) is 23.5. The van der Waals surface area contributed by atoms with Crippen molar-refractivity contribution in [2.45, 2.75) is 123 Å². The first-order valence-corrected chi connectivity index (χ1v) is 14.1. The second-order valence-corrected chi connectivity index (χ2v) is 11.1. The van der Waals surface area contributed by atoms with E-state index in [1.165, 1.54) is 0 Å². The van der Waals surface area contributed by atoms with Crippen molar-refractivity contribution >= 4 is 0 Å². The average Bonchev–Trinajstić information content (AvgIpc) is 3.03. The minimum atomic E-state index is -2.02. The maximum Gasteiger partial charge on any atom is 0.187 e. The summed E-state index contributed by atoms with van der Waals surface area (Å²) in [6.45, 7) is -3.41. The molecule has 0 saturated carbocycles. The number of rotatable bonds is 10. The third-order valence-electron chi connectivity index (χ3n) is 8.20. The van der Waals surface area contributed by atoms with Crippen LogP contribution in [0.4, 0.5) is 0 Å². The molecule has 0 radical (unpaired) electrons. The third kappa shape index (κ3) is 7.44. The highest BCUT2D eigenvalue weighted by Gasteiger charge is 2.55. The molecule has 21 heteroatoms. The van der Waals surface area contributed by atoms with Gasteiger partial charge in [0.2, 0.25) is 0 Å². The largest absolute Gasteiger partial charge is 0.394 e. The van der Waals surface area contributed by atoms with E-state index in [1.807, 2.05) is 0 Å². The lowest BCUT2D eigenvalue weighted by molar-refractivity contribution is -0.388. The molecule has 0 aromatic carbocycles. The lowest BCUT2D eigenvalue weighted by Gasteiger charge is -2.49. The minimum Gasteiger partial charge on any atom is -0.394 e. The van der Waals surface area contributed by atoms with Crippen LogP contribution in [0.15, 0.2) is 0 Å². The Bertz CT molecular complexity index is 912. The van der Waals surface area contributed by atoms with Gasteiger partial charge in [0.05, 0.1) is 26.4 Å². The van der Waals surface area contributed by atoms with Crippen LogP contribution in [0, 0.1) is 0 Å². The molecule has 4 aliphatic heterocycles. The van der Waals surface area contributed by atoms with Gasteiger partial charge in [-0.15, -0.1) is 0 Å². The van der Waals surface area contributed by atoms with Crippen molar-refractivity contribution < 1.29 is 105 Å². The summed E-state index contributed by atoms with van der Waals surface area (Å²) >= 11 is 0. The van der Waals surface area contributed by atoms with Gasteiger partial charge in [-0.2, -0.15) is 0 Å². The van der Waals surface area contributed by atoms with E-state index in [0.717, 1.165) is 0 Å². The molecule has 0 unspecified atom stereocenters. The van der Waals surface area contributed by atoms with Crippen molar-refractivity contribution in [2.24, 2.45) is 0 Å². The molecule has 21 nitrogen and oxygen atoms in total. The van der Waals surface area contributed by atoms with Gasteiger partial charge < -0.3 is 105 Å². The van der Waals surface area contributed by atoms with Gasteiger partial charge in [0.1, 0.15) is 97.7 Å². The summed E-state index contributed by atoms with van der Waals surface area (Å²) in [5, 5.41) is 142. The van der Waals surface area contributed by atoms with Crippen molar-refractivity contribution in [1.82, 2.24) is 0 Å². The molecule has 0 aliphatic carbocycles. The normalized spacial score (nSPS) is 52.9. The molecule has 0 spiro atoms. The second-order valence-electron chi connectivity index (χ2n) is 11.1. The predicted molar refractivity (Wildman–Crippen MR) is 134 cm³/mol. The van der Waals surface area contributed by atoms with Crippen LogP contribution in [0.5, 0.6) is 0 Å². The molecule has 264 valence electrons. The van der Waals surface area contributed by atoms with Gasteiger partial charge in [0.25, 0.3) is 0 Å². The first-order valence-electron chi connectivity index (χ1n) is 14.1. The van der Waals surface area contributed by atoms with Crippen molar-refractivity contribution in [3.63, 3.8) is 0 Å². The summed E-state index contributed by atoms with van der Waals surface area (Å²) in [5.74, 6) is 0. The summed E-state index contributed by atoms with van der Waals surface area (Å²) in [7, 11) is 0. The Morgan fingerprint density at radius 3 is 1.22 bits per heavy atom. The SMILES string of the molecule is OC[C@@H]1O[C@@H](O[C@H]2[C@@H](O)[C@H](O[C@H]3[C@@H](O)[C@H](O)[C@H](O[C@H]4[C@@H](O)[C@H](O)[C@H](O)O[C@H]4CO)O[C@H]3CO)O[C@H](CO)[C@H]2O)[C@H](O)[C@H](O)[C@@H]1O. The van der Waals surface area contributed by atoms with E-state index in [0.29, 0.717) is 0 Å². The summed E-state index contributed by atoms with van der Waals surface area (Å²) < 4.78 is 37.7. The molecule has 14 N–H and O–H groups in total. The van der Waals surface area contributed by atoms with Crippen molar-refractivity contribution in [2.75, 3.05) is 26.4 Å². The summed E-state index contributed by atoms with van der Waals surface area (Å²) in [6, 6.07) is 0. The summed E-state index contributed by atoms with van der Waals surface area (Å²) in [4.78, 5) is 0. The molecule has 0 aromatic heterocycles. The van der Waals surface area contributed by atoms with Gasteiger partial charge in [-0.3, -0.25) is 0 Å². The fraction of sp³-hybridized carbons (Fsp3) is 1.00. The first kappa shape index (κ1) is 37.0. The maximum atomic E-state index is 11.0. The number of hydrogen-bond donors (Lipinski definition) is 14. The van der Waals surface area contributed by atoms with Crippen LogP contribution >= 0.6 is 0 Å². The Labute approximate surface area is 254 Å². The Hall–Kier alpha value is -0.840. The van der Waals surface area contributed by atoms with Crippen LogP contribution in [0.2, 0.25) is 0 Å². The standard InChI is InChI=1S/C24H42O21/c25-1-5-9(29)11(31)15(35)22(40-5)45-20-10(30)6(2-26)41-24(17(20)37)44-19-8(4-28)42-23(16(36)13(19)33)43-18-7(3-27)39-21(38)14(34)12(18)32/h5-38H,1-4H2/t5-,6+,7-,8-,9+,10+,11+,12-,13-,14-,15+,16-,17+,18+,19+,20+,21+,22-,23-,24-/m0/s1. The van der Waals surface area contributed by atoms with Crippen molar-refractivity contribution in [3.05, 3.63) is 0 Å². The van der Waals surface area contributed by atoms with Crippen LogP contribution in [-0.4, -0.2) is 221 Å². The Balaban J connectivity index is 1.48. The van der Waals surface area contributed by atoms with E-state index in [-0.39, 0.29) is 0 Å². The second kappa shape index (κ2) is 15.6. The molecule has 4 saturated heterocycles. The molecule has 4 fully saturated rings. The first-order chi connectivity index (χ1) is 21.3. The van der Waals surface area contributed by atoms with Crippen LogP contribution in [0.25, 0.3) is 0 Å². The molecule has 4 aliphatic rings. The zero-order valence-electron chi connectivity index (χ0n) is 23.5. The predicted octanol–water partition coefficient (Wildman–Crippen LogP) is -9.75. The lowest BCUT2D eigenvalue weighted by atomic mass is 9.95. The highest BCUT2D eigenvalue weighted by Crippen LogP contribution is 2.34. The Morgan fingerprint density at radius 2 is 0.711 bits per heavy atom. The topological polar surface area (TPSA) is 348 Å². The molecular formula is C24H42O21. The van der Waals surface area contributed by atoms with Gasteiger partial charge in [0.15, 0.2) is 25.2 Å². The van der Waals surface area contributed by atoms with Crippen molar-refractivity contribution in [1.29, 1.82) is 0 Å². The van der Waals surface area contributed by atoms with Gasteiger partial charge >= 0.3 is 0 Å². The molecule has 0 amide bonds. The smallest absolute Gasteiger partial charge is 0.187 e. The van der Waals surface area contributed by atoms with Crippen molar-refractivity contribution in [3.8, 4) is 0 Å². The van der Waals surface area contributed by atoms with E-state index < -0.39 is 149 Å². The molecule has 20 atom stereocenters.